The molecule has 14 rings (SSSR count). The maximum atomic E-state index is 9.81. The highest BCUT2D eigenvalue weighted by Crippen LogP contribution is 2.44. The van der Waals surface area contributed by atoms with E-state index >= 15 is 0 Å². The molecule has 6 heteroatoms. The number of ether oxygens (including phenoxy) is 1. The van der Waals surface area contributed by atoms with Crippen LogP contribution in [0.3, 0.4) is 0 Å². The number of fused-ring (bicyclic) bond motifs is 7. The fraction of sp³-hybridized carbons (Fsp3) is 0.154. The lowest BCUT2D eigenvalue weighted by Gasteiger charge is -2.27. The summed E-state index contributed by atoms with van der Waals surface area (Å²) in [5, 5.41) is 4.16. The molecule has 4 aromatic heterocycles. The fourth-order valence-corrected chi connectivity index (χ4v) is 12.1. The lowest BCUT2D eigenvalue weighted by Crippen LogP contribution is -2.31. The van der Waals surface area contributed by atoms with Crippen molar-refractivity contribution in [3.63, 3.8) is 0 Å². The van der Waals surface area contributed by atoms with Crippen molar-refractivity contribution < 1.29 is 18.9 Å². The first-order valence-electron chi connectivity index (χ1n) is 32.2. The third-order valence-corrected chi connectivity index (χ3v) is 16.4. The van der Waals surface area contributed by atoms with E-state index in [0.717, 1.165) is 93.8 Å². The minimum atomic E-state index is -1.82. The van der Waals surface area contributed by atoms with Crippen molar-refractivity contribution in [1.82, 2.24) is 18.7 Å². The number of hydrogen-bond donors (Lipinski definition) is 0. The summed E-state index contributed by atoms with van der Waals surface area (Å²) in [6, 6.07) is 69.4. The van der Waals surface area contributed by atoms with E-state index in [9.17, 15) is 5.48 Å². The van der Waals surface area contributed by atoms with E-state index in [-0.39, 0.29) is 28.5 Å². The molecule has 0 bridgehead atoms. The molecule has 84 heavy (non-hydrogen) atoms. The van der Waals surface area contributed by atoms with Gasteiger partial charge < -0.3 is 9.30 Å². The SMILES string of the molecule is [2H]c1c([2H])c([2H])c(-c2cccc(-c3cc(C(C)(C)C)cc(C(C)(C)C)c3)c2-[n+]2[c-]n(-c3cccc(Oc4cc(-n5c6ccccc6c6ccccc65)c5c6ccccc6n(-c6cc(C([2H])([2H])C(C)(C)c7ccccc7)ccn6)c5c4)c3)c3ccccc32)c([2H])c1[2H]. The highest BCUT2D eigenvalue weighted by molar-refractivity contribution is 6.16. The fourth-order valence-electron chi connectivity index (χ4n) is 12.1. The molecule has 410 valence electrons. The topological polar surface area (TPSA) is 40.8 Å². The minimum absolute atomic E-state index is 0.0895. The van der Waals surface area contributed by atoms with Gasteiger partial charge in [-0.25, -0.2) is 4.98 Å². The van der Waals surface area contributed by atoms with Gasteiger partial charge in [0.2, 0.25) is 0 Å². The van der Waals surface area contributed by atoms with Crippen LogP contribution in [0.5, 0.6) is 11.5 Å². The highest BCUT2D eigenvalue weighted by atomic mass is 16.5. The van der Waals surface area contributed by atoms with Gasteiger partial charge in [-0.3, -0.25) is 13.7 Å². The normalized spacial score (nSPS) is 13.7. The summed E-state index contributed by atoms with van der Waals surface area (Å²) in [7, 11) is 0. The van der Waals surface area contributed by atoms with Gasteiger partial charge in [0.05, 0.1) is 57.0 Å². The zero-order valence-corrected chi connectivity index (χ0v) is 48.4. The molecule has 6 nitrogen and oxygen atoms in total. The smallest absolute Gasteiger partial charge is 0.269 e. The summed E-state index contributed by atoms with van der Waals surface area (Å²) in [5.41, 5.74) is 12.1. The van der Waals surface area contributed by atoms with Crippen molar-refractivity contribution in [2.24, 2.45) is 0 Å². The third-order valence-electron chi connectivity index (χ3n) is 16.4. The van der Waals surface area contributed by atoms with Gasteiger partial charge in [-0.2, -0.15) is 0 Å². The van der Waals surface area contributed by atoms with Crippen LogP contribution in [0.25, 0.3) is 99.8 Å². The van der Waals surface area contributed by atoms with E-state index in [4.69, 9.17) is 13.8 Å². The Bertz CT molecular complexity index is 5140. The Hall–Kier alpha value is -9.78. The number of hydrogen-bond acceptors (Lipinski definition) is 2. The molecule has 0 saturated carbocycles. The predicted octanol–water partition coefficient (Wildman–Crippen LogP) is 19.5. The van der Waals surface area contributed by atoms with Gasteiger partial charge in [0.1, 0.15) is 17.3 Å². The number of nitrogens with zero attached hydrogens (tertiary/aromatic N) is 5. The summed E-state index contributed by atoms with van der Waals surface area (Å²) in [6.45, 7) is 17.1. The molecule has 0 aliphatic heterocycles. The van der Waals surface area contributed by atoms with E-state index in [1.54, 1.807) is 12.3 Å². The van der Waals surface area contributed by atoms with Crippen LogP contribution in [0.4, 0.5) is 0 Å². The van der Waals surface area contributed by atoms with E-state index in [1.165, 1.54) is 0 Å². The van der Waals surface area contributed by atoms with Gasteiger partial charge in [-0.05, 0) is 116 Å². The van der Waals surface area contributed by atoms with E-state index < -0.39 is 29.9 Å². The molecule has 0 atom stereocenters. The largest absolute Gasteiger partial charge is 0.458 e. The third kappa shape index (κ3) is 9.23. The lowest BCUT2D eigenvalue weighted by atomic mass is 9.78. The Balaban J connectivity index is 0.974. The number of imidazole rings is 1. The Morgan fingerprint density at radius 1 is 0.500 bits per heavy atom. The molecular formula is C78H67N5O. The average Bonchev–Trinajstić information content (AvgIpc) is 1.61. The summed E-state index contributed by atoms with van der Waals surface area (Å²) >= 11 is 0. The van der Waals surface area contributed by atoms with E-state index in [1.807, 2.05) is 132 Å². The van der Waals surface area contributed by atoms with Crippen LogP contribution in [0, 0.1) is 6.33 Å². The molecular weight excluding hydrogens is 1020 g/mol. The number of rotatable bonds is 11. The summed E-state index contributed by atoms with van der Waals surface area (Å²) in [6.07, 6.45) is 3.64. The van der Waals surface area contributed by atoms with Gasteiger partial charge in [0, 0.05) is 42.6 Å². The number of para-hydroxylation sites is 6. The predicted molar refractivity (Wildman–Crippen MR) is 348 cm³/mol. The zero-order valence-electron chi connectivity index (χ0n) is 55.4. The maximum absolute atomic E-state index is 9.81. The Labute approximate surface area is 502 Å². The van der Waals surface area contributed by atoms with E-state index in [0.29, 0.717) is 34.1 Å². The number of pyridine rings is 1. The zero-order chi connectivity index (χ0) is 63.6. The van der Waals surface area contributed by atoms with Crippen molar-refractivity contribution in [1.29, 1.82) is 0 Å². The van der Waals surface area contributed by atoms with Gasteiger partial charge >= 0.3 is 0 Å². The van der Waals surface area contributed by atoms with Gasteiger partial charge in [0.15, 0.2) is 0 Å². The van der Waals surface area contributed by atoms with Crippen molar-refractivity contribution in [3.05, 3.63) is 277 Å². The van der Waals surface area contributed by atoms with Gasteiger partial charge in [-0.1, -0.05) is 237 Å². The lowest BCUT2D eigenvalue weighted by molar-refractivity contribution is -0.571. The quantitative estimate of drug-likeness (QED) is 0.0957. The molecule has 0 saturated heterocycles. The number of benzene rings is 10. The molecule has 0 radical (unpaired) electrons. The van der Waals surface area contributed by atoms with Crippen LogP contribution < -0.4 is 9.30 Å². The van der Waals surface area contributed by atoms with Crippen LogP contribution in [0.2, 0.25) is 0 Å². The first-order chi connectivity index (χ1) is 43.5. The molecule has 10 aromatic carbocycles. The first kappa shape index (κ1) is 44.8. The molecule has 0 fully saturated rings. The Morgan fingerprint density at radius 3 is 1.77 bits per heavy atom. The Morgan fingerprint density at radius 2 is 1.10 bits per heavy atom. The molecule has 0 amide bonds. The Kier molecular flexibility index (Phi) is 10.8. The van der Waals surface area contributed by atoms with Crippen LogP contribution in [0.15, 0.2) is 249 Å². The molecule has 14 aromatic rings. The second-order valence-electron chi connectivity index (χ2n) is 24.4. The molecule has 0 N–H and O–H groups in total. The second kappa shape index (κ2) is 20.3. The summed E-state index contributed by atoms with van der Waals surface area (Å²) < 4.78 is 80.3. The highest BCUT2D eigenvalue weighted by Gasteiger charge is 2.27. The summed E-state index contributed by atoms with van der Waals surface area (Å²) in [4.78, 5) is 5.04. The van der Waals surface area contributed by atoms with Crippen LogP contribution in [0.1, 0.15) is 87.2 Å². The average molecular weight is 1100 g/mol. The first-order valence-corrected chi connectivity index (χ1v) is 28.7. The standard InChI is InChI=1S/C78H67N5O/c1-76(2,3)56-44-54(45-57(46-56)77(4,5)6)62-35-24-34-61(53-25-11-9-12-26-53)75(62)81-51-80(69-39-21-22-40-70(69)81)58-29-23-30-59(47-58)84-60-48-71(82-66-36-18-15-31-63(66)64-32-16-19-37-67(64)82)74-65-33-17-20-38-68(65)83(72(74)49-60)73-43-52(41-42-79-73)50-78(7,8)55-27-13-10-14-28-55/h9-49H,50H2,1-8H3/i9D,11D,12D,25D,26D,50D2. The van der Waals surface area contributed by atoms with Crippen molar-refractivity contribution in [3.8, 4) is 56.6 Å². The molecule has 0 unspecified atom stereocenters. The number of aromatic nitrogens is 5. The van der Waals surface area contributed by atoms with E-state index in [2.05, 4.69) is 154 Å². The van der Waals surface area contributed by atoms with Crippen molar-refractivity contribution in [2.75, 3.05) is 0 Å². The monoisotopic (exact) mass is 1100 g/mol. The second-order valence-corrected chi connectivity index (χ2v) is 24.4. The van der Waals surface area contributed by atoms with Gasteiger partial charge in [0.25, 0.3) is 6.33 Å². The van der Waals surface area contributed by atoms with Crippen LogP contribution >= 0.6 is 0 Å². The maximum Gasteiger partial charge on any atom is 0.269 e. The minimum Gasteiger partial charge on any atom is -0.458 e. The summed E-state index contributed by atoms with van der Waals surface area (Å²) in [5.74, 6) is 1.64. The molecule has 4 heterocycles. The molecule has 0 spiro atoms. The molecule has 0 aliphatic carbocycles. The van der Waals surface area contributed by atoms with Crippen molar-refractivity contribution in [2.45, 2.75) is 78.0 Å². The van der Waals surface area contributed by atoms with Crippen LogP contribution in [-0.4, -0.2) is 18.7 Å². The van der Waals surface area contributed by atoms with Crippen LogP contribution in [-0.2, 0) is 22.6 Å². The molecule has 0 aliphatic rings. The van der Waals surface area contributed by atoms with Crippen molar-refractivity contribution >= 4 is 54.6 Å². The van der Waals surface area contributed by atoms with Gasteiger partial charge in [-0.15, -0.1) is 0 Å².